The third-order valence-corrected chi connectivity index (χ3v) is 3.00. The van der Waals surface area contributed by atoms with Gasteiger partial charge in [0.2, 0.25) is 0 Å². The van der Waals surface area contributed by atoms with Crippen molar-refractivity contribution in [3.8, 4) is 0 Å². The maximum atomic E-state index is 9.39. The number of aliphatic hydroxyl groups excluding tert-OH is 1. The zero-order chi connectivity index (χ0) is 9.26. The lowest BCUT2D eigenvalue weighted by Crippen LogP contribution is -1.99. The van der Waals surface area contributed by atoms with E-state index >= 15 is 0 Å². The molecule has 2 atom stereocenters. The van der Waals surface area contributed by atoms with Gasteiger partial charge >= 0.3 is 0 Å². The Morgan fingerprint density at radius 2 is 1.85 bits per heavy atom. The van der Waals surface area contributed by atoms with E-state index in [9.17, 15) is 5.11 Å². The number of hydrogen-bond donors (Lipinski definition) is 1. The van der Waals surface area contributed by atoms with E-state index in [4.69, 9.17) is 11.6 Å². The first-order valence-corrected chi connectivity index (χ1v) is 5.07. The van der Waals surface area contributed by atoms with E-state index in [1.807, 2.05) is 12.1 Å². The fraction of sp³-hybridized carbons (Fsp3) is 0.455. The minimum absolute atomic E-state index is 0.0966. The second kappa shape index (κ2) is 3.69. The highest BCUT2D eigenvalue weighted by Crippen LogP contribution is 2.34. The molecular weight excluding hydrogens is 184 g/mol. The molecule has 2 unspecified atom stereocenters. The number of benzene rings is 1. The molecule has 1 fully saturated rings. The van der Waals surface area contributed by atoms with Crippen LogP contribution in [0.5, 0.6) is 0 Å². The zero-order valence-electron chi connectivity index (χ0n) is 7.41. The number of hydrogen-bond acceptors (Lipinski definition) is 1. The third kappa shape index (κ3) is 2.04. The minimum Gasteiger partial charge on any atom is -0.393 e. The molecule has 0 aliphatic heterocycles. The lowest BCUT2D eigenvalue weighted by molar-refractivity contribution is 0.181. The van der Waals surface area contributed by atoms with Crippen LogP contribution in [0.3, 0.4) is 0 Å². The van der Waals surface area contributed by atoms with Gasteiger partial charge in [-0.3, -0.25) is 0 Å². The van der Waals surface area contributed by atoms with Gasteiger partial charge in [-0.25, -0.2) is 0 Å². The van der Waals surface area contributed by atoms with Gasteiger partial charge in [-0.2, -0.15) is 0 Å². The normalized spacial score (nSPS) is 27.8. The van der Waals surface area contributed by atoms with Gasteiger partial charge in [0.15, 0.2) is 0 Å². The van der Waals surface area contributed by atoms with Gasteiger partial charge in [-0.1, -0.05) is 23.7 Å². The summed E-state index contributed by atoms with van der Waals surface area (Å²) in [7, 11) is 0. The third-order valence-electron chi connectivity index (χ3n) is 2.75. The summed E-state index contributed by atoms with van der Waals surface area (Å²) >= 11 is 5.80. The van der Waals surface area contributed by atoms with Crippen molar-refractivity contribution in [3.05, 3.63) is 34.9 Å². The molecule has 0 heterocycles. The molecule has 0 saturated heterocycles. The van der Waals surface area contributed by atoms with Gasteiger partial charge in [0.05, 0.1) is 6.10 Å². The Kier molecular flexibility index (Phi) is 2.56. The van der Waals surface area contributed by atoms with Crippen LogP contribution in [0, 0.1) is 0 Å². The van der Waals surface area contributed by atoms with Crippen LogP contribution in [0.15, 0.2) is 24.3 Å². The Hall–Kier alpha value is -0.530. The largest absolute Gasteiger partial charge is 0.393 e. The molecule has 1 nitrogen and oxygen atoms in total. The van der Waals surface area contributed by atoms with Crippen LogP contribution in [0.1, 0.15) is 30.7 Å². The Morgan fingerprint density at radius 1 is 1.15 bits per heavy atom. The minimum atomic E-state index is -0.0966. The molecule has 0 bridgehead atoms. The van der Waals surface area contributed by atoms with Crippen molar-refractivity contribution in [1.82, 2.24) is 0 Å². The predicted molar refractivity (Wildman–Crippen MR) is 54.1 cm³/mol. The van der Waals surface area contributed by atoms with Gasteiger partial charge < -0.3 is 5.11 Å². The van der Waals surface area contributed by atoms with Gasteiger partial charge in [0.1, 0.15) is 0 Å². The second-order valence-corrected chi connectivity index (χ2v) is 4.15. The monoisotopic (exact) mass is 196 g/mol. The van der Waals surface area contributed by atoms with Crippen LogP contribution < -0.4 is 0 Å². The lowest BCUT2D eigenvalue weighted by atomic mass is 9.98. The van der Waals surface area contributed by atoms with Gasteiger partial charge in [-0.05, 0) is 42.9 Å². The average Bonchev–Trinajstić information content (AvgIpc) is 2.53. The molecule has 1 N–H and O–H groups in total. The molecule has 1 saturated carbocycles. The van der Waals surface area contributed by atoms with E-state index in [2.05, 4.69) is 12.1 Å². The maximum absolute atomic E-state index is 9.39. The molecule has 2 heteroatoms. The molecule has 1 aliphatic rings. The molecule has 0 aromatic heterocycles. The first-order valence-electron chi connectivity index (χ1n) is 4.69. The van der Waals surface area contributed by atoms with E-state index in [0.717, 1.165) is 24.3 Å². The summed E-state index contributed by atoms with van der Waals surface area (Å²) in [4.78, 5) is 0. The van der Waals surface area contributed by atoms with Crippen LogP contribution in [0.2, 0.25) is 5.02 Å². The Labute approximate surface area is 83.3 Å². The van der Waals surface area contributed by atoms with Crippen molar-refractivity contribution < 1.29 is 5.11 Å². The summed E-state index contributed by atoms with van der Waals surface area (Å²) in [6, 6.07) is 7.96. The van der Waals surface area contributed by atoms with Crippen LogP contribution in [0.4, 0.5) is 0 Å². The molecule has 0 amide bonds. The summed E-state index contributed by atoms with van der Waals surface area (Å²) < 4.78 is 0. The van der Waals surface area contributed by atoms with E-state index in [1.165, 1.54) is 5.56 Å². The highest BCUT2D eigenvalue weighted by atomic mass is 35.5. The number of halogens is 1. The number of rotatable bonds is 1. The van der Waals surface area contributed by atoms with Gasteiger partial charge in [0, 0.05) is 5.02 Å². The highest BCUT2D eigenvalue weighted by Gasteiger charge is 2.23. The molecular formula is C11H13ClO. The Morgan fingerprint density at radius 3 is 2.38 bits per heavy atom. The molecule has 2 rings (SSSR count). The maximum Gasteiger partial charge on any atom is 0.0546 e. The summed E-state index contributed by atoms with van der Waals surface area (Å²) in [6.07, 6.45) is 2.85. The van der Waals surface area contributed by atoms with Crippen molar-refractivity contribution in [3.63, 3.8) is 0 Å². The van der Waals surface area contributed by atoms with Crippen molar-refractivity contribution in [2.24, 2.45) is 0 Å². The SMILES string of the molecule is OC1CCC(c2ccc(Cl)cc2)C1. The van der Waals surface area contributed by atoms with Crippen LogP contribution in [-0.2, 0) is 0 Å². The quantitative estimate of drug-likeness (QED) is 0.732. The zero-order valence-corrected chi connectivity index (χ0v) is 8.17. The van der Waals surface area contributed by atoms with E-state index in [-0.39, 0.29) is 6.10 Å². The van der Waals surface area contributed by atoms with Crippen LogP contribution in [0.25, 0.3) is 0 Å². The van der Waals surface area contributed by atoms with Crippen molar-refractivity contribution in [1.29, 1.82) is 0 Å². The molecule has 1 aromatic carbocycles. The standard InChI is InChI=1S/C11H13ClO/c12-10-4-1-8(2-5-10)9-3-6-11(13)7-9/h1-2,4-5,9,11,13H,3,6-7H2. The molecule has 1 aliphatic carbocycles. The molecule has 0 radical (unpaired) electrons. The number of aliphatic hydroxyl groups is 1. The van der Waals surface area contributed by atoms with E-state index < -0.39 is 0 Å². The Balaban J connectivity index is 2.13. The second-order valence-electron chi connectivity index (χ2n) is 3.72. The van der Waals surface area contributed by atoms with E-state index in [0.29, 0.717) is 5.92 Å². The van der Waals surface area contributed by atoms with Crippen molar-refractivity contribution in [2.75, 3.05) is 0 Å². The first kappa shape index (κ1) is 9.04. The summed E-state index contributed by atoms with van der Waals surface area (Å²) in [5.41, 5.74) is 1.31. The summed E-state index contributed by atoms with van der Waals surface area (Å²) in [5.74, 6) is 0.535. The molecule has 13 heavy (non-hydrogen) atoms. The van der Waals surface area contributed by atoms with E-state index in [1.54, 1.807) is 0 Å². The summed E-state index contributed by atoms with van der Waals surface area (Å²) in [6.45, 7) is 0. The van der Waals surface area contributed by atoms with Crippen LogP contribution in [-0.4, -0.2) is 11.2 Å². The Bertz CT molecular complexity index is 281. The topological polar surface area (TPSA) is 20.2 Å². The molecule has 70 valence electrons. The van der Waals surface area contributed by atoms with Gasteiger partial charge in [0.25, 0.3) is 0 Å². The molecule has 1 aromatic rings. The van der Waals surface area contributed by atoms with Gasteiger partial charge in [-0.15, -0.1) is 0 Å². The first-order chi connectivity index (χ1) is 6.25. The van der Waals surface area contributed by atoms with Crippen LogP contribution >= 0.6 is 11.6 Å². The van der Waals surface area contributed by atoms with Crippen molar-refractivity contribution >= 4 is 11.6 Å². The smallest absolute Gasteiger partial charge is 0.0546 e. The lowest BCUT2D eigenvalue weighted by Gasteiger charge is -2.08. The van der Waals surface area contributed by atoms with Crippen molar-refractivity contribution in [2.45, 2.75) is 31.3 Å². The predicted octanol–water partition coefficient (Wildman–Crippen LogP) is 2.97. The highest BCUT2D eigenvalue weighted by molar-refractivity contribution is 6.30. The fourth-order valence-electron chi connectivity index (χ4n) is 2.00. The molecule has 0 spiro atoms. The average molecular weight is 197 g/mol. The summed E-state index contributed by atoms with van der Waals surface area (Å²) in [5, 5.41) is 10.2. The fourth-order valence-corrected chi connectivity index (χ4v) is 2.12.